The highest BCUT2D eigenvalue weighted by Crippen LogP contribution is 2.38. The van der Waals surface area contributed by atoms with Crippen LogP contribution in [0.5, 0.6) is 0 Å². The summed E-state index contributed by atoms with van der Waals surface area (Å²) in [6.07, 6.45) is 4.63. The molecule has 2 aromatic rings. The SMILES string of the molecule is CC1(n2nnnc2-c2cc(N)cc(Cl)c2)CCCC1. The molecular formula is C13H16ClN5. The Morgan fingerprint density at radius 3 is 2.68 bits per heavy atom. The molecule has 1 saturated carbocycles. The number of nitrogens with two attached hydrogens (primary N) is 1. The van der Waals surface area contributed by atoms with Gasteiger partial charge in [0.15, 0.2) is 5.82 Å². The molecule has 1 aromatic carbocycles. The lowest BCUT2D eigenvalue weighted by Crippen LogP contribution is -2.28. The van der Waals surface area contributed by atoms with Crippen LogP contribution in [0.2, 0.25) is 5.02 Å². The predicted octanol–water partition coefficient (Wildman–Crippen LogP) is 2.86. The van der Waals surface area contributed by atoms with Gasteiger partial charge < -0.3 is 5.73 Å². The van der Waals surface area contributed by atoms with Crippen LogP contribution in [0.4, 0.5) is 5.69 Å². The lowest BCUT2D eigenvalue weighted by Gasteiger charge is -2.24. The van der Waals surface area contributed by atoms with Crippen molar-refractivity contribution in [1.29, 1.82) is 0 Å². The Labute approximate surface area is 116 Å². The summed E-state index contributed by atoms with van der Waals surface area (Å²) in [5.41, 5.74) is 7.32. The number of nitrogen functional groups attached to an aromatic ring is 1. The first-order chi connectivity index (χ1) is 9.08. The van der Waals surface area contributed by atoms with Gasteiger partial charge in [-0.2, -0.15) is 0 Å². The van der Waals surface area contributed by atoms with E-state index in [0.29, 0.717) is 10.7 Å². The minimum Gasteiger partial charge on any atom is -0.399 e. The largest absolute Gasteiger partial charge is 0.399 e. The summed E-state index contributed by atoms with van der Waals surface area (Å²) in [5, 5.41) is 12.7. The van der Waals surface area contributed by atoms with Gasteiger partial charge >= 0.3 is 0 Å². The summed E-state index contributed by atoms with van der Waals surface area (Å²) in [6.45, 7) is 2.20. The summed E-state index contributed by atoms with van der Waals surface area (Å²) in [6, 6.07) is 5.42. The average molecular weight is 278 g/mol. The molecule has 0 bridgehead atoms. The number of hydrogen-bond acceptors (Lipinski definition) is 4. The highest BCUT2D eigenvalue weighted by atomic mass is 35.5. The molecule has 2 N–H and O–H groups in total. The van der Waals surface area contributed by atoms with Crippen molar-refractivity contribution in [2.75, 3.05) is 5.73 Å². The molecule has 0 unspecified atom stereocenters. The molecule has 19 heavy (non-hydrogen) atoms. The van der Waals surface area contributed by atoms with Crippen molar-refractivity contribution in [3.63, 3.8) is 0 Å². The number of hydrogen-bond donors (Lipinski definition) is 1. The lowest BCUT2D eigenvalue weighted by atomic mass is 10.0. The van der Waals surface area contributed by atoms with Gasteiger partial charge in [0.2, 0.25) is 0 Å². The van der Waals surface area contributed by atoms with Gasteiger partial charge in [0.25, 0.3) is 0 Å². The molecule has 1 aromatic heterocycles. The topological polar surface area (TPSA) is 69.6 Å². The molecule has 0 amide bonds. The summed E-state index contributed by atoms with van der Waals surface area (Å²) in [7, 11) is 0. The van der Waals surface area contributed by atoms with Crippen LogP contribution < -0.4 is 5.73 Å². The van der Waals surface area contributed by atoms with Crippen LogP contribution in [0, 0.1) is 0 Å². The Morgan fingerprint density at radius 2 is 2.00 bits per heavy atom. The van der Waals surface area contributed by atoms with E-state index < -0.39 is 0 Å². The Balaban J connectivity index is 2.09. The maximum atomic E-state index is 6.06. The Hall–Kier alpha value is -1.62. The number of aromatic nitrogens is 4. The summed E-state index contributed by atoms with van der Waals surface area (Å²) >= 11 is 6.06. The van der Waals surface area contributed by atoms with Crippen LogP contribution in [-0.4, -0.2) is 20.2 Å². The molecule has 5 nitrogen and oxygen atoms in total. The van der Waals surface area contributed by atoms with E-state index in [0.717, 1.165) is 24.2 Å². The zero-order valence-electron chi connectivity index (χ0n) is 10.8. The van der Waals surface area contributed by atoms with Gasteiger partial charge in [-0.3, -0.25) is 0 Å². The van der Waals surface area contributed by atoms with Crippen molar-refractivity contribution in [3.05, 3.63) is 23.2 Å². The smallest absolute Gasteiger partial charge is 0.182 e. The van der Waals surface area contributed by atoms with Crippen molar-refractivity contribution >= 4 is 17.3 Å². The molecule has 0 radical (unpaired) electrons. The monoisotopic (exact) mass is 277 g/mol. The van der Waals surface area contributed by atoms with Crippen LogP contribution in [-0.2, 0) is 5.54 Å². The highest BCUT2D eigenvalue weighted by molar-refractivity contribution is 6.31. The molecule has 0 spiro atoms. The Bertz CT molecular complexity index is 581. The van der Waals surface area contributed by atoms with E-state index >= 15 is 0 Å². The van der Waals surface area contributed by atoms with Gasteiger partial charge in [0.1, 0.15) is 0 Å². The predicted molar refractivity (Wildman–Crippen MR) is 74.8 cm³/mol. The molecule has 1 heterocycles. The third-order valence-electron chi connectivity index (χ3n) is 3.84. The average Bonchev–Trinajstić information content (AvgIpc) is 2.96. The fourth-order valence-corrected chi connectivity index (χ4v) is 3.06. The van der Waals surface area contributed by atoms with Gasteiger partial charge in [-0.15, -0.1) is 5.10 Å². The van der Waals surface area contributed by atoms with E-state index in [4.69, 9.17) is 17.3 Å². The van der Waals surface area contributed by atoms with E-state index in [1.165, 1.54) is 12.8 Å². The Morgan fingerprint density at radius 1 is 1.26 bits per heavy atom. The number of benzene rings is 1. The van der Waals surface area contributed by atoms with Gasteiger partial charge in [0.05, 0.1) is 5.54 Å². The minimum absolute atomic E-state index is 0.00405. The standard InChI is InChI=1S/C13H16ClN5/c1-13(4-2-3-5-13)19-12(16-17-18-19)9-6-10(14)8-11(15)7-9/h6-8H,2-5,15H2,1H3. The van der Waals surface area contributed by atoms with Crippen LogP contribution in [0.15, 0.2) is 18.2 Å². The van der Waals surface area contributed by atoms with Crippen molar-refractivity contribution in [2.24, 2.45) is 0 Å². The number of tetrazole rings is 1. The van der Waals surface area contributed by atoms with Gasteiger partial charge in [-0.05, 0) is 48.4 Å². The van der Waals surface area contributed by atoms with Crippen LogP contribution in [0.3, 0.4) is 0 Å². The first kappa shape index (κ1) is 12.4. The highest BCUT2D eigenvalue weighted by Gasteiger charge is 2.34. The number of anilines is 1. The number of halogens is 1. The number of nitrogens with zero attached hydrogens (tertiary/aromatic N) is 4. The van der Waals surface area contributed by atoms with Crippen LogP contribution in [0.25, 0.3) is 11.4 Å². The maximum absolute atomic E-state index is 6.06. The molecule has 1 aliphatic carbocycles. The second-order valence-electron chi connectivity index (χ2n) is 5.39. The van der Waals surface area contributed by atoms with Crippen molar-refractivity contribution < 1.29 is 0 Å². The van der Waals surface area contributed by atoms with Crippen LogP contribution in [0.1, 0.15) is 32.6 Å². The molecule has 6 heteroatoms. The van der Waals surface area contributed by atoms with Crippen molar-refractivity contribution in [3.8, 4) is 11.4 Å². The minimum atomic E-state index is -0.00405. The van der Waals surface area contributed by atoms with E-state index in [2.05, 4.69) is 22.4 Å². The summed E-state index contributed by atoms with van der Waals surface area (Å²) in [5.74, 6) is 0.735. The normalized spacial score (nSPS) is 17.8. The van der Waals surface area contributed by atoms with E-state index in [-0.39, 0.29) is 5.54 Å². The molecule has 0 saturated heterocycles. The summed E-state index contributed by atoms with van der Waals surface area (Å²) in [4.78, 5) is 0. The second kappa shape index (κ2) is 4.49. The van der Waals surface area contributed by atoms with E-state index in [1.54, 1.807) is 6.07 Å². The maximum Gasteiger partial charge on any atom is 0.182 e. The molecule has 1 fully saturated rings. The van der Waals surface area contributed by atoms with Gasteiger partial charge in [0, 0.05) is 16.3 Å². The molecule has 0 aliphatic heterocycles. The lowest BCUT2D eigenvalue weighted by molar-refractivity contribution is 0.293. The molecule has 1 aliphatic rings. The van der Waals surface area contributed by atoms with Gasteiger partial charge in [-0.25, -0.2) is 4.68 Å². The Kier molecular flexibility index (Phi) is 2.93. The number of rotatable bonds is 2. The molecular weight excluding hydrogens is 262 g/mol. The zero-order chi connectivity index (χ0) is 13.5. The van der Waals surface area contributed by atoms with E-state index in [9.17, 15) is 0 Å². The van der Waals surface area contributed by atoms with Crippen molar-refractivity contribution in [2.45, 2.75) is 38.1 Å². The molecule has 100 valence electrons. The third-order valence-corrected chi connectivity index (χ3v) is 4.06. The van der Waals surface area contributed by atoms with Crippen molar-refractivity contribution in [1.82, 2.24) is 20.2 Å². The van der Waals surface area contributed by atoms with Gasteiger partial charge in [-0.1, -0.05) is 24.4 Å². The second-order valence-corrected chi connectivity index (χ2v) is 5.83. The summed E-state index contributed by atoms with van der Waals surface area (Å²) < 4.78 is 1.92. The fourth-order valence-electron chi connectivity index (χ4n) is 2.82. The van der Waals surface area contributed by atoms with E-state index in [1.807, 2.05) is 16.8 Å². The fraction of sp³-hybridized carbons (Fsp3) is 0.462. The third kappa shape index (κ3) is 2.18. The first-order valence-corrected chi connectivity index (χ1v) is 6.82. The molecule has 3 rings (SSSR count). The van der Waals surface area contributed by atoms with Crippen LogP contribution >= 0.6 is 11.6 Å². The quantitative estimate of drug-likeness (QED) is 0.857. The first-order valence-electron chi connectivity index (χ1n) is 6.44. The molecule has 0 atom stereocenters. The zero-order valence-corrected chi connectivity index (χ0v) is 11.6.